The number of benzene rings is 1. The maximum Gasteiger partial charge on any atom is 0.505 e. The minimum absolute atomic E-state index is 0.171. The molecule has 1 aromatic carbocycles. The monoisotopic (exact) mass is 350 g/mol. The Balaban J connectivity index is 2.34. The number of amides is 1. The van der Waals surface area contributed by atoms with Gasteiger partial charge in [0, 0.05) is 7.05 Å². The lowest BCUT2D eigenvalue weighted by molar-refractivity contribution is -0.0440. The molecule has 0 aliphatic heterocycles. The summed E-state index contributed by atoms with van der Waals surface area (Å²) in [7, 11) is -4.63. The summed E-state index contributed by atoms with van der Waals surface area (Å²) in [5.41, 5.74) is -5.73. The average molecular weight is 350 g/mol. The van der Waals surface area contributed by atoms with Crippen LogP contribution in [0.3, 0.4) is 0 Å². The van der Waals surface area contributed by atoms with Gasteiger partial charge in [0.2, 0.25) is 5.95 Å². The summed E-state index contributed by atoms with van der Waals surface area (Å²) < 4.78 is 60.4. The minimum atomic E-state index is -5.73. The van der Waals surface area contributed by atoms with Crippen LogP contribution in [0, 0.1) is 0 Å². The van der Waals surface area contributed by atoms with E-state index in [4.69, 9.17) is 0 Å². The number of phenols is 1. The second-order valence-corrected chi connectivity index (χ2v) is 6.10. The van der Waals surface area contributed by atoms with Gasteiger partial charge >= 0.3 is 15.3 Å². The molecule has 0 unspecified atom stereocenters. The van der Waals surface area contributed by atoms with Crippen molar-refractivity contribution in [3.05, 3.63) is 29.8 Å². The molecule has 0 atom stereocenters. The third kappa shape index (κ3) is 3.11. The van der Waals surface area contributed by atoms with Crippen LogP contribution in [0.5, 0.6) is 5.75 Å². The lowest BCUT2D eigenvalue weighted by Crippen LogP contribution is -2.24. The molecule has 1 aromatic heterocycles. The van der Waals surface area contributed by atoms with Crippen LogP contribution >= 0.6 is 0 Å². The zero-order valence-electron chi connectivity index (χ0n) is 11.4. The van der Waals surface area contributed by atoms with Crippen molar-refractivity contribution in [1.82, 2.24) is 14.8 Å². The Morgan fingerprint density at radius 1 is 1.30 bits per heavy atom. The number of aromatic hydroxyl groups is 1. The number of aromatic nitrogens is 3. The number of para-hydroxylation sites is 1. The smallest absolute Gasteiger partial charge is 0.505 e. The summed E-state index contributed by atoms with van der Waals surface area (Å²) >= 11 is 0. The predicted octanol–water partition coefficient (Wildman–Crippen LogP) is 1.07. The van der Waals surface area contributed by atoms with Crippen molar-refractivity contribution < 1.29 is 31.5 Å². The number of alkyl halides is 3. The van der Waals surface area contributed by atoms with Crippen LogP contribution in [-0.2, 0) is 16.9 Å². The van der Waals surface area contributed by atoms with Gasteiger partial charge in [-0.1, -0.05) is 12.1 Å². The van der Waals surface area contributed by atoms with Crippen LogP contribution in [0.2, 0.25) is 0 Å². The van der Waals surface area contributed by atoms with E-state index in [1.165, 1.54) is 24.3 Å². The maximum absolute atomic E-state index is 12.4. The van der Waals surface area contributed by atoms with E-state index >= 15 is 0 Å². The topological polar surface area (TPSA) is 114 Å². The number of aryl methyl sites for hydroxylation is 1. The van der Waals surface area contributed by atoms with Crippen molar-refractivity contribution >= 4 is 21.7 Å². The number of carbonyl (C=O) groups excluding carboxylic acids is 1. The number of carbonyl (C=O) groups is 1. The molecule has 0 fully saturated rings. The summed E-state index contributed by atoms with van der Waals surface area (Å²) in [6.45, 7) is 0. The van der Waals surface area contributed by atoms with Crippen LogP contribution in [0.15, 0.2) is 29.4 Å². The molecule has 12 heteroatoms. The van der Waals surface area contributed by atoms with Crippen LogP contribution in [-0.4, -0.2) is 39.7 Å². The molecule has 0 saturated carbocycles. The van der Waals surface area contributed by atoms with Gasteiger partial charge in [0.1, 0.15) is 5.75 Å². The molecule has 0 bridgehead atoms. The van der Waals surface area contributed by atoms with E-state index in [9.17, 15) is 31.5 Å². The van der Waals surface area contributed by atoms with E-state index in [1.54, 1.807) is 0 Å². The molecular formula is C11H9F3N4O4S. The standard InChI is InChI=1S/C11H9F3N4O4S/c1-18-9(15-8(20)6-4-2-3-5-7(6)19)16-10(17-18)23(21,22)11(12,13)14/h2-5,19H,1H3,(H,15,16,17,20). The van der Waals surface area contributed by atoms with Gasteiger partial charge in [-0.05, 0) is 12.1 Å². The maximum atomic E-state index is 12.4. The fourth-order valence-corrected chi connectivity index (χ4v) is 2.17. The zero-order chi connectivity index (χ0) is 17.4. The van der Waals surface area contributed by atoms with E-state index in [-0.39, 0.29) is 11.3 Å². The first-order chi connectivity index (χ1) is 10.5. The number of rotatable bonds is 3. The van der Waals surface area contributed by atoms with E-state index in [2.05, 4.69) is 15.4 Å². The highest BCUT2D eigenvalue weighted by Gasteiger charge is 2.50. The number of phenolic OH excluding ortho intramolecular Hbond substituents is 1. The Labute approximate surface area is 127 Å². The first-order valence-electron chi connectivity index (χ1n) is 5.86. The van der Waals surface area contributed by atoms with E-state index in [1.807, 2.05) is 0 Å². The SMILES string of the molecule is Cn1nc(S(=O)(=O)C(F)(F)F)nc1NC(=O)c1ccccc1O. The van der Waals surface area contributed by atoms with Crippen LogP contribution in [0.1, 0.15) is 10.4 Å². The molecule has 23 heavy (non-hydrogen) atoms. The van der Waals surface area contributed by atoms with Crippen molar-refractivity contribution in [2.75, 3.05) is 5.32 Å². The van der Waals surface area contributed by atoms with Crippen molar-refractivity contribution in [3.63, 3.8) is 0 Å². The first-order valence-corrected chi connectivity index (χ1v) is 7.34. The Kier molecular flexibility index (Phi) is 4.03. The van der Waals surface area contributed by atoms with E-state index in [0.717, 1.165) is 7.05 Å². The van der Waals surface area contributed by atoms with E-state index < -0.39 is 32.4 Å². The highest BCUT2D eigenvalue weighted by molar-refractivity contribution is 7.92. The molecule has 1 heterocycles. The highest BCUT2D eigenvalue weighted by Crippen LogP contribution is 2.29. The minimum Gasteiger partial charge on any atom is -0.507 e. The average Bonchev–Trinajstić information content (AvgIpc) is 2.80. The number of anilines is 1. The summed E-state index contributed by atoms with van der Waals surface area (Å²) in [6, 6.07) is 5.40. The lowest BCUT2D eigenvalue weighted by Gasteiger charge is -2.05. The van der Waals surface area contributed by atoms with Gasteiger partial charge < -0.3 is 5.11 Å². The van der Waals surface area contributed by atoms with Gasteiger partial charge in [0.25, 0.3) is 11.1 Å². The number of nitrogens with one attached hydrogen (secondary N) is 1. The summed E-state index contributed by atoms with van der Waals surface area (Å²) in [5.74, 6) is -1.79. The molecule has 0 spiro atoms. The second-order valence-electron chi connectivity index (χ2n) is 4.26. The highest BCUT2D eigenvalue weighted by atomic mass is 32.2. The third-order valence-electron chi connectivity index (χ3n) is 2.66. The third-order valence-corrected chi connectivity index (χ3v) is 3.93. The quantitative estimate of drug-likeness (QED) is 0.856. The van der Waals surface area contributed by atoms with Gasteiger partial charge in [0.15, 0.2) is 0 Å². The fraction of sp³-hybridized carbons (Fsp3) is 0.182. The Morgan fingerprint density at radius 3 is 2.48 bits per heavy atom. The molecule has 0 radical (unpaired) electrons. The Bertz CT molecular complexity index is 860. The molecule has 0 aliphatic carbocycles. The first kappa shape index (κ1) is 16.7. The molecule has 2 rings (SSSR count). The summed E-state index contributed by atoms with van der Waals surface area (Å²) in [4.78, 5) is 15.1. The zero-order valence-corrected chi connectivity index (χ0v) is 12.2. The Morgan fingerprint density at radius 2 is 1.91 bits per heavy atom. The van der Waals surface area contributed by atoms with Crippen LogP contribution < -0.4 is 5.32 Å². The number of hydrogen-bond acceptors (Lipinski definition) is 6. The summed E-state index contributed by atoms with van der Waals surface area (Å²) in [6.07, 6.45) is 0. The van der Waals surface area contributed by atoms with Crippen molar-refractivity contribution in [2.24, 2.45) is 7.05 Å². The van der Waals surface area contributed by atoms with Crippen LogP contribution in [0.25, 0.3) is 0 Å². The van der Waals surface area contributed by atoms with Crippen molar-refractivity contribution in [3.8, 4) is 5.75 Å². The normalized spacial score (nSPS) is 12.2. The van der Waals surface area contributed by atoms with Crippen molar-refractivity contribution in [2.45, 2.75) is 10.7 Å². The number of hydrogen-bond donors (Lipinski definition) is 2. The van der Waals surface area contributed by atoms with E-state index in [0.29, 0.717) is 4.68 Å². The van der Waals surface area contributed by atoms with Gasteiger partial charge in [-0.2, -0.15) is 18.2 Å². The predicted molar refractivity (Wildman–Crippen MR) is 70.3 cm³/mol. The molecule has 8 nitrogen and oxygen atoms in total. The molecule has 0 aliphatic rings. The molecule has 1 amide bonds. The molecule has 124 valence electrons. The fourth-order valence-electron chi connectivity index (χ4n) is 1.52. The lowest BCUT2D eigenvalue weighted by atomic mass is 10.2. The molecular weight excluding hydrogens is 341 g/mol. The molecule has 2 aromatic rings. The van der Waals surface area contributed by atoms with Crippen LogP contribution in [0.4, 0.5) is 19.1 Å². The molecule has 2 N–H and O–H groups in total. The van der Waals surface area contributed by atoms with Gasteiger partial charge in [-0.15, -0.1) is 5.10 Å². The molecule has 0 saturated heterocycles. The number of halogens is 3. The second kappa shape index (κ2) is 5.53. The van der Waals surface area contributed by atoms with Gasteiger partial charge in [-0.3, -0.25) is 10.1 Å². The Hall–Kier alpha value is -2.63. The number of nitrogens with zero attached hydrogens (tertiary/aromatic N) is 3. The van der Waals surface area contributed by atoms with Gasteiger partial charge in [0.05, 0.1) is 5.56 Å². The van der Waals surface area contributed by atoms with Gasteiger partial charge in [-0.25, -0.2) is 13.1 Å². The number of sulfone groups is 1. The summed E-state index contributed by atoms with van der Waals surface area (Å²) in [5, 5.41) is 13.2. The van der Waals surface area contributed by atoms with Crippen molar-refractivity contribution in [1.29, 1.82) is 0 Å². The largest absolute Gasteiger partial charge is 0.507 e.